The van der Waals surface area contributed by atoms with Crippen molar-refractivity contribution < 1.29 is 19.4 Å². The minimum atomic E-state index is -0.303. The zero-order chi connectivity index (χ0) is 14.4. The molecular formula is C16H12O4. The maximum Gasteiger partial charge on any atom is 0.198 e. The van der Waals surface area contributed by atoms with Gasteiger partial charge in [0.2, 0.25) is 0 Å². The maximum absolute atomic E-state index is 12.6. The topological polar surface area (TPSA) is 63.6 Å². The van der Waals surface area contributed by atoms with Gasteiger partial charge >= 0.3 is 0 Å². The van der Waals surface area contributed by atoms with Crippen LogP contribution >= 0.6 is 0 Å². The highest BCUT2D eigenvalue weighted by Gasteiger charge is 2.34. The van der Waals surface area contributed by atoms with Crippen molar-refractivity contribution in [3.05, 3.63) is 58.1 Å². The van der Waals surface area contributed by atoms with Crippen molar-refractivity contribution in [2.45, 2.75) is 6.92 Å². The first-order chi connectivity index (χ1) is 9.56. The van der Waals surface area contributed by atoms with Gasteiger partial charge in [0.1, 0.15) is 0 Å². The largest absolute Gasteiger partial charge is 0.504 e. The average molecular weight is 268 g/mol. The quantitative estimate of drug-likeness (QED) is 0.736. The molecule has 1 N–H and O–H groups in total. The summed E-state index contributed by atoms with van der Waals surface area (Å²) >= 11 is 0. The van der Waals surface area contributed by atoms with Crippen LogP contribution in [-0.2, 0) is 0 Å². The van der Waals surface area contributed by atoms with E-state index in [-0.39, 0.29) is 34.2 Å². The Morgan fingerprint density at radius 3 is 2.20 bits per heavy atom. The van der Waals surface area contributed by atoms with Crippen molar-refractivity contribution >= 4 is 11.6 Å². The molecule has 0 heterocycles. The van der Waals surface area contributed by atoms with E-state index in [1.165, 1.54) is 13.2 Å². The molecule has 3 rings (SSSR count). The molecule has 0 atom stereocenters. The molecule has 0 bridgehead atoms. The van der Waals surface area contributed by atoms with Crippen LogP contribution in [0.3, 0.4) is 0 Å². The summed E-state index contributed by atoms with van der Waals surface area (Å²) in [6.07, 6.45) is 0. The smallest absolute Gasteiger partial charge is 0.198 e. The summed E-state index contributed by atoms with van der Waals surface area (Å²) in [6.45, 7) is 1.66. The summed E-state index contributed by atoms with van der Waals surface area (Å²) in [6, 6.07) is 8.19. The molecular weight excluding hydrogens is 256 g/mol. The van der Waals surface area contributed by atoms with Gasteiger partial charge < -0.3 is 9.84 Å². The molecule has 0 saturated heterocycles. The first-order valence-corrected chi connectivity index (χ1v) is 6.15. The number of fused-ring (bicyclic) bond motifs is 2. The van der Waals surface area contributed by atoms with Gasteiger partial charge in [0.05, 0.1) is 12.7 Å². The first kappa shape index (κ1) is 12.4. The van der Waals surface area contributed by atoms with Gasteiger partial charge in [0.25, 0.3) is 0 Å². The number of carbonyl (C=O) groups is 2. The van der Waals surface area contributed by atoms with E-state index in [1.807, 2.05) is 0 Å². The molecule has 0 saturated carbocycles. The number of ether oxygens (including phenoxy) is 1. The number of aryl methyl sites for hydroxylation is 1. The molecule has 100 valence electrons. The van der Waals surface area contributed by atoms with Crippen molar-refractivity contribution in [2.75, 3.05) is 7.11 Å². The predicted octanol–water partition coefficient (Wildman–Crippen LogP) is 2.48. The van der Waals surface area contributed by atoms with E-state index in [1.54, 1.807) is 31.2 Å². The number of rotatable bonds is 1. The van der Waals surface area contributed by atoms with Crippen molar-refractivity contribution in [1.82, 2.24) is 0 Å². The third-order valence-corrected chi connectivity index (χ3v) is 3.54. The van der Waals surface area contributed by atoms with Gasteiger partial charge in [-0.05, 0) is 18.6 Å². The number of benzene rings is 2. The molecule has 0 aromatic heterocycles. The zero-order valence-corrected chi connectivity index (χ0v) is 11.1. The van der Waals surface area contributed by atoms with E-state index in [0.717, 1.165) is 0 Å². The molecule has 1 aliphatic rings. The predicted molar refractivity (Wildman–Crippen MR) is 72.7 cm³/mol. The number of hydrogen-bond donors (Lipinski definition) is 1. The fourth-order valence-corrected chi connectivity index (χ4v) is 2.54. The van der Waals surface area contributed by atoms with Gasteiger partial charge in [-0.1, -0.05) is 24.3 Å². The second kappa shape index (κ2) is 4.20. The van der Waals surface area contributed by atoms with Crippen LogP contribution < -0.4 is 4.74 Å². The van der Waals surface area contributed by atoms with Crippen molar-refractivity contribution in [3.8, 4) is 11.5 Å². The summed E-state index contributed by atoms with van der Waals surface area (Å²) < 4.78 is 5.13. The molecule has 20 heavy (non-hydrogen) atoms. The SMILES string of the molecule is COc1c(O)c(C)cc2c1C(=O)c1ccccc1C2=O. The molecule has 0 spiro atoms. The normalized spacial score (nSPS) is 12.9. The van der Waals surface area contributed by atoms with E-state index in [2.05, 4.69) is 0 Å². The molecule has 0 fully saturated rings. The molecule has 0 unspecified atom stereocenters. The van der Waals surface area contributed by atoms with Crippen LogP contribution in [0.25, 0.3) is 0 Å². The van der Waals surface area contributed by atoms with Crippen LogP contribution in [-0.4, -0.2) is 23.8 Å². The Bertz CT molecular complexity index is 759. The number of phenolic OH excluding ortho intramolecular Hbond substituents is 1. The van der Waals surface area contributed by atoms with E-state index in [0.29, 0.717) is 16.7 Å². The van der Waals surface area contributed by atoms with E-state index in [9.17, 15) is 14.7 Å². The standard InChI is InChI=1S/C16H12O4/c1-8-7-11-12(16(20-2)13(8)17)15(19)10-6-4-3-5-9(10)14(11)18/h3-7,17H,1-2H3. The third-order valence-electron chi connectivity index (χ3n) is 3.54. The van der Waals surface area contributed by atoms with Crippen molar-refractivity contribution in [3.63, 3.8) is 0 Å². The first-order valence-electron chi connectivity index (χ1n) is 6.15. The molecule has 0 radical (unpaired) electrons. The maximum atomic E-state index is 12.6. The van der Waals surface area contributed by atoms with Gasteiger partial charge in [-0.15, -0.1) is 0 Å². The van der Waals surface area contributed by atoms with Crippen molar-refractivity contribution in [2.24, 2.45) is 0 Å². The third kappa shape index (κ3) is 1.48. The minimum absolute atomic E-state index is 0.0628. The second-order valence-corrected chi connectivity index (χ2v) is 4.70. The molecule has 2 aromatic carbocycles. The van der Waals surface area contributed by atoms with Crippen LogP contribution in [0, 0.1) is 6.92 Å². The van der Waals surface area contributed by atoms with Gasteiger partial charge in [-0.2, -0.15) is 0 Å². The highest BCUT2D eigenvalue weighted by Crippen LogP contribution is 2.40. The zero-order valence-electron chi connectivity index (χ0n) is 11.1. The van der Waals surface area contributed by atoms with Crippen LogP contribution in [0.1, 0.15) is 37.4 Å². The number of phenols is 1. The Balaban J connectivity index is 2.39. The number of hydrogen-bond acceptors (Lipinski definition) is 4. The molecule has 4 nitrogen and oxygen atoms in total. The summed E-state index contributed by atoms with van der Waals surface area (Å²) in [4.78, 5) is 25.0. The number of carbonyl (C=O) groups excluding carboxylic acids is 2. The van der Waals surface area contributed by atoms with E-state index in [4.69, 9.17) is 4.74 Å². The lowest BCUT2D eigenvalue weighted by molar-refractivity contribution is 0.0976. The van der Waals surface area contributed by atoms with E-state index >= 15 is 0 Å². The molecule has 0 aliphatic heterocycles. The van der Waals surface area contributed by atoms with Gasteiger partial charge in [0.15, 0.2) is 23.1 Å². The van der Waals surface area contributed by atoms with Crippen molar-refractivity contribution in [1.29, 1.82) is 0 Å². The Kier molecular flexibility index (Phi) is 2.61. The Hall–Kier alpha value is -2.62. The number of ketones is 2. The van der Waals surface area contributed by atoms with E-state index < -0.39 is 0 Å². The number of aromatic hydroxyl groups is 1. The fourth-order valence-electron chi connectivity index (χ4n) is 2.54. The number of methoxy groups -OCH3 is 1. The lowest BCUT2D eigenvalue weighted by Crippen LogP contribution is -2.22. The summed E-state index contributed by atoms with van der Waals surface area (Å²) in [5, 5.41) is 10.0. The molecule has 1 aliphatic carbocycles. The molecule has 0 amide bonds. The molecule has 2 aromatic rings. The summed E-state index contributed by atoms with van der Waals surface area (Å²) in [5.41, 5.74) is 1.64. The minimum Gasteiger partial charge on any atom is -0.504 e. The lowest BCUT2D eigenvalue weighted by Gasteiger charge is -2.21. The highest BCUT2D eigenvalue weighted by molar-refractivity contribution is 6.29. The Labute approximate surface area is 115 Å². The Morgan fingerprint density at radius 2 is 1.60 bits per heavy atom. The van der Waals surface area contributed by atoms with Crippen LogP contribution in [0.4, 0.5) is 0 Å². The van der Waals surface area contributed by atoms with Gasteiger partial charge in [-0.25, -0.2) is 0 Å². The fraction of sp³-hybridized carbons (Fsp3) is 0.125. The average Bonchev–Trinajstić information content (AvgIpc) is 2.47. The van der Waals surface area contributed by atoms with Crippen LogP contribution in [0.15, 0.2) is 30.3 Å². The molecule has 4 heteroatoms. The van der Waals surface area contributed by atoms with Gasteiger partial charge in [0, 0.05) is 16.7 Å². The Morgan fingerprint density at radius 1 is 1.00 bits per heavy atom. The van der Waals surface area contributed by atoms with Gasteiger partial charge in [-0.3, -0.25) is 9.59 Å². The monoisotopic (exact) mass is 268 g/mol. The summed E-state index contributed by atoms with van der Waals surface area (Å²) in [5.74, 6) is -0.571. The lowest BCUT2D eigenvalue weighted by atomic mass is 9.82. The second-order valence-electron chi connectivity index (χ2n) is 4.70. The highest BCUT2D eigenvalue weighted by atomic mass is 16.5. The van der Waals surface area contributed by atoms with Crippen LogP contribution in [0.5, 0.6) is 11.5 Å². The summed E-state index contributed by atoms with van der Waals surface area (Å²) in [7, 11) is 1.37. The van der Waals surface area contributed by atoms with Crippen LogP contribution in [0.2, 0.25) is 0 Å².